The Kier molecular flexibility index (Phi) is 3.44. The van der Waals surface area contributed by atoms with E-state index in [4.69, 9.17) is 0 Å². The van der Waals surface area contributed by atoms with E-state index in [9.17, 15) is 4.79 Å². The summed E-state index contributed by atoms with van der Waals surface area (Å²) in [6, 6.07) is 19.7. The van der Waals surface area contributed by atoms with Crippen molar-refractivity contribution in [3.8, 4) is 0 Å². The number of nitrogens with one attached hydrogen (secondary N) is 1. The molecule has 21 heavy (non-hydrogen) atoms. The van der Waals surface area contributed by atoms with Gasteiger partial charge in [-0.15, -0.1) is 0 Å². The van der Waals surface area contributed by atoms with Crippen molar-refractivity contribution in [2.45, 2.75) is 13.8 Å². The number of fused-ring (bicyclic) bond motifs is 1. The first-order valence-corrected chi connectivity index (χ1v) is 7.01. The summed E-state index contributed by atoms with van der Waals surface area (Å²) in [7, 11) is 0. The zero-order valence-corrected chi connectivity index (χ0v) is 12.2. The van der Waals surface area contributed by atoms with Crippen molar-refractivity contribution in [1.82, 2.24) is 0 Å². The normalized spacial score (nSPS) is 10.6. The highest BCUT2D eigenvalue weighted by molar-refractivity contribution is 6.12. The molecule has 0 aromatic heterocycles. The van der Waals surface area contributed by atoms with Gasteiger partial charge in [-0.2, -0.15) is 0 Å². The molecular formula is C19H17NO. The minimum atomic E-state index is -0.0740. The molecule has 0 saturated carbocycles. The molecular weight excluding hydrogens is 258 g/mol. The van der Waals surface area contributed by atoms with Gasteiger partial charge in [0, 0.05) is 11.3 Å². The van der Waals surface area contributed by atoms with E-state index < -0.39 is 0 Å². The molecule has 0 unspecified atom stereocenters. The number of anilines is 1. The number of hydrogen-bond acceptors (Lipinski definition) is 1. The summed E-state index contributed by atoms with van der Waals surface area (Å²) in [5, 5.41) is 5.03. The van der Waals surface area contributed by atoms with E-state index in [-0.39, 0.29) is 5.91 Å². The smallest absolute Gasteiger partial charge is 0.256 e. The Balaban J connectivity index is 1.95. The number of carbonyl (C=O) groups excluding carboxylic acids is 1. The van der Waals surface area contributed by atoms with Gasteiger partial charge >= 0.3 is 0 Å². The molecule has 2 heteroatoms. The predicted molar refractivity (Wildman–Crippen MR) is 87.8 cm³/mol. The van der Waals surface area contributed by atoms with Crippen molar-refractivity contribution in [2.24, 2.45) is 0 Å². The van der Waals surface area contributed by atoms with E-state index in [0.29, 0.717) is 5.56 Å². The van der Waals surface area contributed by atoms with E-state index in [1.54, 1.807) is 0 Å². The van der Waals surface area contributed by atoms with Crippen LogP contribution in [-0.2, 0) is 0 Å². The molecule has 0 fully saturated rings. The summed E-state index contributed by atoms with van der Waals surface area (Å²) in [6.45, 7) is 4.11. The van der Waals surface area contributed by atoms with Crippen LogP contribution < -0.4 is 5.32 Å². The largest absolute Gasteiger partial charge is 0.322 e. The van der Waals surface area contributed by atoms with Crippen LogP contribution in [0.2, 0.25) is 0 Å². The number of aryl methyl sites for hydroxylation is 2. The number of rotatable bonds is 2. The predicted octanol–water partition coefficient (Wildman–Crippen LogP) is 4.71. The number of benzene rings is 3. The lowest BCUT2D eigenvalue weighted by Gasteiger charge is -2.09. The van der Waals surface area contributed by atoms with Gasteiger partial charge in [0.15, 0.2) is 0 Å². The van der Waals surface area contributed by atoms with Crippen LogP contribution in [0.3, 0.4) is 0 Å². The van der Waals surface area contributed by atoms with Crippen LogP contribution in [0.4, 0.5) is 5.69 Å². The Hall–Kier alpha value is -2.61. The lowest BCUT2D eigenvalue weighted by Crippen LogP contribution is -2.12. The molecule has 3 rings (SSSR count). The lowest BCUT2D eigenvalue weighted by atomic mass is 10.0. The lowest BCUT2D eigenvalue weighted by molar-refractivity contribution is 0.102. The Morgan fingerprint density at radius 1 is 0.857 bits per heavy atom. The van der Waals surface area contributed by atoms with E-state index in [1.807, 2.05) is 67.6 Å². The van der Waals surface area contributed by atoms with Crippen molar-refractivity contribution in [3.05, 3.63) is 77.4 Å². The second-order valence-corrected chi connectivity index (χ2v) is 5.28. The summed E-state index contributed by atoms with van der Waals surface area (Å²) >= 11 is 0. The summed E-state index contributed by atoms with van der Waals surface area (Å²) in [5.41, 5.74) is 3.92. The molecule has 1 N–H and O–H groups in total. The van der Waals surface area contributed by atoms with Gasteiger partial charge in [0.1, 0.15) is 0 Å². The Bertz CT molecular complexity index is 815. The third kappa shape index (κ3) is 2.65. The first kappa shape index (κ1) is 13.4. The average molecular weight is 275 g/mol. The molecule has 0 aliphatic heterocycles. The van der Waals surface area contributed by atoms with Crippen LogP contribution in [-0.4, -0.2) is 5.91 Å². The van der Waals surface area contributed by atoms with Crippen molar-refractivity contribution in [3.63, 3.8) is 0 Å². The van der Waals surface area contributed by atoms with Crippen molar-refractivity contribution >= 4 is 22.4 Å². The Morgan fingerprint density at radius 2 is 1.62 bits per heavy atom. The summed E-state index contributed by atoms with van der Waals surface area (Å²) in [6.07, 6.45) is 0. The van der Waals surface area contributed by atoms with Crippen molar-refractivity contribution in [1.29, 1.82) is 0 Å². The maximum atomic E-state index is 12.5. The van der Waals surface area contributed by atoms with Crippen LogP contribution in [0.5, 0.6) is 0 Å². The molecule has 0 aliphatic carbocycles. The van der Waals surface area contributed by atoms with Gasteiger partial charge in [0.05, 0.1) is 0 Å². The molecule has 0 radical (unpaired) electrons. The van der Waals surface area contributed by atoms with E-state index >= 15 is 0 Å². The molecule has 0 saturated heterocycles. The molecule has 2 nitrogen and oxygen atoms in total. The summed E-state index contributed by atoms with van der Waals surface area (Å²) in [4.78, 5) is 12.5. The molecule has 1 amide bonds. The average Bonchev–Trinajstić information content (AvgIpc) is 2.50. The molecule has 104 valence electrons. The van der Waals surface area contributed by atoms with Crippen LogP contribution >= 0.6 is 0 Å². The second kappa shape index (κ2) is 5.41. The third-order valence-corrected chi connectivity index (χ3v) is 3.80. The first-order valence-electron chi connectivity index (χ1n) is 7.01. The highest BCUT2D eigenvalue weighted by Crippen LogP contribution is 2.20. The second-order valence-electron chi connectivity index (χ2n) is 5.28. The molecule has 0 bridgehead atoms. The van der Waals surface area contributed by atoms with E-state index in [1.165, 1.54) is 11.1 Å². The first-order chi connectivity index (χ1) is 10.1. The Morgan fingerprint density at radius 3 is 2.43 bits per heavy atom. The van der Waals surface area contributed by atoms with Crippen LogP contribution in [0, 0.1) is 13.8 Å². The standard InChI is InChI=1S/C19H17NO/c1-13-10-11-16(12-14(13)2)20-19(21)18-9-5-7-15-6-3-4-8-17(15)18/h3-12H,1-2H3,(H,20,21). The quantitative estimate of drug-likeness (QED) is 0.721. The summed E-state index contributed by atoms with van der Waals surface area (Å²) < 4.78 is 0. The zero-order valence-electron chi connectivity index (χ0n) is 12.2. The fourth-order valence-electron chi connectivity index (χ4n) is 2.44. The SMILES string of the molecule is Cc1ccc(NC(=O)c2cccc3ccccc23)cc1C. The maximum Gasteiger partial charge on any atom is 0.256 e. The monoisotopic (exact) mass is 275 g/mol. The van der Waals surface area contributed by atoms with Gasteiger partial charge in [-0.1, -0.05) is 42.5 Å². The van der Waals surface area contributed by atoms with Gasteiger partial charge in [-0.25, -0.2) is 0 Å². The topological polar surface area (TPSA) is 29.1 Å². The van der Waals surface area contributed by atoms with Crippen molar-refractivity contribution < 1.29 is 4.79 Å². The van der Waals surface area contributed by atoms with Crippen LogP contribution in [0.25, 0.3) is 10.8 Å². The van der Waals surface area contributed by atoms with Crippen LogP contribution in [0.1, 0.15) is 21.5 Å². The van der Waals surface area contributed by atoms with E-state index in [2.05, 4.69) is 12.2 Å². The van der Waals surface area contributed by atoms with Gasteiger partial charge < -0.3 is 5.32 Å². The molecule has 3 aromatic rings. The van der Waals surface area contributed by atoms with Crippen molar-refractivity contribution in [2.75, 3.05) is 5.32 Å². The third-order valence-electron chi connectivity index (χ3n) is 3.80. The number of carbonyl (C=O) groups is 1. The highest BCUT2D eigenvalue weighted by Gasteiger charge is 2.10. The minimum Gasteiger partial charge on any atom is -0.322 e. The van der Waals surface area contributed by atoms with Gasteiger partial charge in [-0.3, -0.25) is 4.79 Å². The Labute approximate surface area is 124 Å². The summed E-state index contributed by atoms with van der Waals surface area (Å²) in [5.74, 6) is -0.0740. The fraction of sp³-hybridized carbons (Fsp3) is 0.105. The number of amides is 1. The van der Waals surface area contributed by atoms with Gasteiger partial charge in [0.2, 0.25) is 0 Å². The number of hydrogen-bond donors (Lipinski definition) is 1. The maximum absolute atomic E-state index is 12.5. The minimum absolute atomic E-state index is 0.0740. The molecule has 0 atom stereocenters. The molecule has 0 aliphatic rings. The molecule has 0 spiro atoms. The van der Waals surface area contributed by atoms with Gasteiger partial charge in [0.25, 0.3) is 5.91 Å². The fourth-order valence-corrected chi connectivity index (χ4v) is 2.44. The molecule has 0 heterocycles. The molecule has 3 aromatic carbocycles. The highest BCUT2D eigenvalue weighted by atomic mass is 16.1. The zero-order chi connectivity index (χ0) is 14.8. The van der Waals surface area contributed by atoms with Gasteiger partial charge in [-0.05, 0) is 53.9 Å². The van der Waals surface area contributed by atoms with Crippen LogP contribution in [0.15, 0.2) is 60.7 Å². The van der Waals surface area contributed by atoms with E-state index in [0.717, 1.165) is 16.5 Å².